The summed E-state index contributed by atoms with van der Waals surface area (Å²) >= 11 is 12.6. The molecule has 1 aromatic heterocycles. The maximum Gasteiger partial charge on any atom is 0.406 e. The molecule has 5 rings (SSSR count). The average molecular weight is 633 g/mol. The second-order valence-corrected chi connectivity index (χ2v) is 11.8. The number of likely N-dealkylation sites (N-methyl/N-ethyl adjacent to an activating group) is 1. The normalized spacial score (nSPS) is 15.4. The van der Waals surface area contributed by atoms with Gasteiger partial charge in [0, 0.05) is 44.7 Å². The van der Waals surface area contributed by atoms with Gasteiger partial charge in [0.15, 0.2) is 0 Å². The molecule has 228 valence electrons. The van der Waals surface area contributed by atoms with Crippen molar-refractivity contribution in [2.75, 3.05) is 51.2 Å². The molecule has 0 radical (unpaired) electrons. The van der Waals surface area contributed by atoms with Gasteiger partial charge in [-0.2, -0.15) is 13.2 Å². The number of fused-ring (bicyclic) bond motifs is 1. The Balaban J connectivity index is 1.29. The number of carbonyl (C=O) groups excluding carboxylic acids is 1. The molecule has 11 heteroatoms. The molecule has 0 saturated carbocycles. The summed E-state index contributed by atoms with van der Waals surface area (Å²) in [5.74, 6) is 0.302. The standard InChI is InChI=1S/C32H34Cl2F3N5O/c1-39(30(43)23-8-3-2-4-9-23)21-25(24-12-13-26(33)27(34)20-24)14-17-40-15-7-16-41(19-18-40)31-38-28-10-5-6-11-29(28)42(31)22-32(35,36)37/h2-6,8-13,20,25H,7,14-19,21-22H2,1H3. The minimum absolute atomic E-state index is 0.00256. The molecule has 1 atom stereocenters. The molecule has 1 fully saturated rings. The second-order valence-electron chi connectivity index (χ2n) is 11.0. The van der Waals surface area contributed by atoms with E-state index in [0.717, 1.165) is 31.5 Å². The molecule has 1 amide bonds. The molecule has 2 heterocycles. The number of alkyl halides is 3. The first-order valence-corrected chi connectivity index (χ1v) is 15.1. The minimum atomic E-state index is -4.36. The number of rotatable bonds is 9. The minimum Gasteiger partial charge on any atom is -0.341 e. The predicted octanol–water partition coefficient (Wildman–Crippen LogP) is 7.36. The van der Waals surface area contributed by atoms with Crippen LogP contribution >= 0.6 is 23.2 Å². The summed E-state index contributed by atoms with van der Waals surface area (Å²) in [4.78, 5) is 23.8. The molecule has 1 unspecified atom stereocenters. The van der Waals surface area contributed by atoms with Gasteiger partial charge in [-0.25, -0.2) is 4.98 Å². The fraction of sp³-hybridized carbons (Fsp3) is 0.375. The third kappa shape index (κ3) is 7.82. The van der Waals surface area contributed by atoms with Gasteiger partial charge in [-0.1, -0.05) is 59.6 Å². The highest BCUT2D eigenvalue weighted by molar-refractivity contribution is 6.42. The van der Waals surface area contributed by atoms with Crippen molar-refractivity contribution in [3.63, 3.8) is 0 Å². The number of amides is 1. The largest absolute Gasteiger partial charge is 0.406 e. The van der Waals surface area contributed by atoms with E-state index in [-0.39, 0.29) is 11.8 Å². The molecule has 6 nitrogen and oxygen atoms in total. The predicted molar refractivity (Wildman–Crippen MR) is 166 cm³/mol. The van der Waals surface area contributed by atoms with E-state index < -0.39 is 12.7 Å². The summed E-state index contributed by atoms with van der Waals surface area (Å²) in [6, 6.07) is 21.7. The van der Waals surface area contributed by atoms with E-state index in [0.29, 0.717) is 58.8 Å². The second kappa shape index (κ2) is 13.6. The number of hydrogen-bond donors (Lipinski definition) is 0. The Morgan fingerprint density at radius 1 is 0.953 bits per heavy atom. The third-order valence-corrected chi connectivity index (χ3v) is 8.65. The van der Waals surface area contributed by atoms with Gasteiger partial charge in [-0.3, -0.25) is 4.79 Å². The van der Waals surface area contributed by atoms with Gasteiger partial charge < -0.3 is 19.3 Å². The van der Waals surface area contributed by atoms with Crippen LogP contribution in [-0.2, 0) is 6.54 Å². The lowest BCUT2D eigenvalue weighted by molar-refractivity contribution is -0.139. The quantitative estimate of drug-likeness (QED) is 0.194. The summed E-state index contributed by atoms with van der Waals surface area (Å²) in [5.41, 5.74) is 2.66. The van der Waals surface area contributed by atoms with Crippen LogP contribution in [0.3, 0.4) is 0 Å². The number of para-hydroxylation sites is 2. The van der Waals surface area contributed by atoms with Crippen LogP contribution in [0.1, 0.15) is 34.7 Å². The van der Waals surface area contributed by atoms with Crippen molar-refractivity contribution in [1.82, 2.24) is 19.4 Å². The summed E-state index contributed by atoms with van der Waals surface area (Å²) in [6.07, 6.45) is -2.80. The molecule has 0 spiro atoms. The van der Waals surface area contributed by atoms with Crippen molar-refractivity contribution in [2.45, 2.75) is 31.5 Å². The van der Waals surface area contributed by atoms with Crippen molar-refractivity contribution in [2.24, 2.45) is 0 Å². The highest BCUT2D eigenvalue weighted by Crippen LogP contribution is 2.31. The van der Waals surface area contributed by atoms with Gasteiger partial charge in [0.25, 0.3) is 5.91 Å². The molecule has 3 aromatic carbocycles. The Kier molecular flexibility index (Phi) is 9.84. The van der Waals surface area contributed by atoms with Crippen molar-refractivity contribution in [3.05, 3.63) is 94.0 Å². The molecule has 43 heavy (non-hydrogen) atoms. The fourth-order valence-electron chi connectivity index (χ4n) is 5.72. The van der Waals surface area contributed by atoms with Crippen molar-refractivity contribution < 1.29 is 18.0 Å². The Morgan fingerprint density at radius 2 is 1.70 bits per heavy atom. The number of carbonyl (C=O) groups is 1. The Hall–Kier alpha value is -3.27. The first-order chi connectivity index (χ1) is 20.6. The smallest absolute Gasteiger partial charge is 0.341 e. The van der Waals surface area contributed by atoms with Crippen molar-refractivity contribution in [3.8, 4) is 0 Å². The van der Waals surface area contributed by atoms with E-state index in [9.17, 15) is 18.0 Å². The van der Waals surface area contributed by atoms with Crippen molar-refractivity contribution in [1.29, 1.82) is 0 Å². The number of halogens is 5. The lowest BCUT2D eigenvalue weighted by Gasteiger charge is -2.28. The van der Waals surface area contributed by atoms with Crippen molar-refractivity contribution >= 4 is 46.1 Å². The zero-order chi connectivity index (χ0) is 30.6. The monoisotopic (exact) mass is 631 g/mol. The Morgan fingerprint density at radius 3 is 2.44 bits per heavy atom. The number of imidazole rings is 1. The third-order valence-electron chi connectivity index (χ3n) is 7.91. The topological polar surface area (TPSA) is 44.6 Å². The van der Waals surface area contributed by atoms with E-state index in [1.54, 1.807) is 54.4 Å². The van der Waals surface area contributed by atoms with Crippen LogP contribution in [0.2, 0.25) is 10.0 Å². The summed E-state index contributed by atoms with van der Waals surface area (Å²) in [6.45, 7) is 2.83. The summed E-state index contributed by atoms with van der Waals surface area (Å²) in [5, 5.41) is 0.940. The number of anilines is 1. The fourth-order valence-corrected chi connectivity index (χ4v) is 6.02. The maximum absolute atomic E-state index is 13.5. The Labute approximate surface area is 259 Å². The zero-order valence-electron chi connectivity index (χ0n) is 23.9. The molecule has 0 N–H and O–H groups in total. The molecule has 1 aliphatic rings. The number of nitrogens with zero attached hydrogens (tertiary/aromatic N) is 5. The molecule has 1 aliphatic heterocycles. The lowest BCUT2D eigenvalue weighted by atomic mass is 9.94. The zero-order valence-corrected chi connectivity index (χ0v) is 25.4. The first-order valence-electron chi connectivity index (χ1n) is 14.3. The molecule has 0 aliphatic carbocycles. The van der Waals surface area contributed by atoms with Gasteiger partial charge in [0.05, 0.1) is 21.1 Å². The van der Waals surface area contributed by atoms with Crippen LogP contribution in [0.15, 0.2) is 72.8 Å². The molecular weight excluding hydrogens is 598 g/mol. The van der Waals surface area contributed by atoms with Gasteiger partial charge >= 0.3 is 6.18 Å². The van der Waals surface area contributed by atoms with Gasteiger partial charge in [-0.05, 0) is 67.9 Å². The molecule has 0 bridgehead atoms. The highest BCUT2D eigenvalue weighted by atomic mass is 35.5. The SMILES string of the molecule is CN(CC(CCN1CCCN(c2nc3ccccc3n2CC(F)(F)F)CC1)c1ccc(Cl)c(Cl)c1)C(=O)c1ccccc1. The van der Waals surface area contributed by atoms with Crippen LogP contribution in [-0.4, -0.2) is 77.8 Å². The van der Waals surface area contributed by atoms with Gasteiger partial charge in [0.2, 0.25) is 5.95 Å². The molecule has 4 aromatic rings. The number of benzene rings is 3. The summed E-state index contributed by atoms with van der Waals surface area (Å²) in [7, 11) is 1.80. The van der Waals surface area contributed by atoms with E-state index in [4.69, 9.17) is 23.2 Å². The maximum atomic E-state index is 13.5. The Bertz CT molecular complexity index is 1550. The molecule has 1 saturated heterocycles. The van der Waals surface area contributed by atoms with Crippen LogP contribution in [0.25, 0.3) is 11.0 Å². The highest BCUT2D eigenvalue weighted by Gasteiger charge is 2.32. The van der Waals surface area contributed by atoms with Crippen LogP contribution < -0.4 is 4.90 Å². The average Bonchev–Trinajstić information content (AvgIpc) is 3.16. The summed E-state index contributed by atoms with van der Waals surface area (Å²) < 4.78 is 41.8. The van der Waals surface area contributed by atoms with Crippen LogP contribution in [0.4, 0.5) is 19.1 Å². The van der Waals surface area contributed by atoms with E-state index in [1.165, 1.54) is 4.57 Å². The lowest BCUT2D eigenvalue weighted by Crippen LogP contribution is -2.35. The van der Waals surface area contributed by atoms with Gasteiger partial charge in [0.1, 0.15) is 6.54 Å². The van der Waals surface area contributed by atoms with E-state index >= 15 is 0 Å². The first kappa shape index (κ1) is 31.2. The van der Waals surface area contributed by atoms with Crippen LogP contribution in [0, 0.1) is 0 Å². The molecular formula is C32H34Cl2F3N5O. The van der Waals surface area contributed by atoms with E-state index in [2.05, 4.69) is 9.88 Å². The van der Waals surface area contributed by atoms with Crippen LogP contribution in [0.5, 0.6) is 0 Å². The number of aromatic nitrogens is 2. The van der Waals surface area contributed by atoms with Gasteiger partial charge in [-0.15, -0.1) is 0 Å². The van der Waals surface area contributed by atoms with E-state index in [1.807, 2.05) is 35.2 Å². The number of hydrogen-bond acceptors (Lipinski definition) is 4.